The van der Waals surface area contributed by atoms with Crippen LogP contribution in [0.5, 0.6) is 5.75 Å². The Labute approximate surface area is 171 Å². The van der Waals surface area contributed by atoms with E-state index in [1.807, 2.05) is 24.3 Å². The summed E-state index contributed by atoms with van der Waals surface area (Å²) in [5.41, 5.74) is 0.0486. The molecule has 0 radical (unpaired) electrons. The molecule has 1 aliphatic carbocycles. The van der Waals surface area contributed by atoms with E-state index in [1.165, 1.54) is 8.61 Å². The minimum absolute atomic E-state index is 0.141. The topological polar surface area (TPSA) is 93.2 Å². The second kappa shape index (κ2) is 6.65. The van der Waals surface area contributed by atoms with Gasteiger partial charge in [0, 0.05) is 26.2 Å². The zero-order valence-corrected chi connectivity index (χ0v) is 18.0. The molecule has 3 aliphatic heterocycles. The molecule has 4 aliphatic rings. The van der Waals surface area contributed by atoms with Crippen molar-refractivity contribution in [2.75, 3.05) is 33.3 Å². The Morgan fingerprint density at radius 3 is 2.79 bits per heavy atom. The van der Waals surface area contributed by atoms with Crippen molar-refractivity contribution in [3.63, 3.8) is 0 Å². The third-order valence-corrected chi connectivity index (χ3v) is 11.3. The zero-order chi connectivity index (χ0) is 20.4. The zero-order valence-electron chi connectivity index (χ0n) is 16.4. The Kier molecular flexibility index (Phi) is 4.53. The lowest BCUT2D eigenvalue weighted by molar-refractivity contribution is -0.0870. The molecule has 1 saturated carbocycles. The predicted octanol–water partition coefficient (Wildman–Crippen LogP) is 0.587. The van der Waals surface area contributed by atoms with E-state index in [9.17, 15) is 16.8 Å². The molecule has 1 spiro atoms. The maximum atomic E-state index is 13.2. The highest BCUT2D eigenvalue weighted by atomic mass is 32.2. The molecule has 3 atom stereocenters. The van der Waals surface area contributed by atoms with Crippen molar-refractivity contribution >= 4 is 20.0 Å². The van der Waals surface area contributed by atoms with Crippen LogP contribution in [0.1, 0.15) is 24.8 Å². The van der Waals surface area contributed by atoms with Gasteiger partial charge >= 0.3 is 0 Å². The number of fused-ring (bicyclic) bond motifs is 1. The lowest BCUT2D eigenvalue weighted by atomic mass is 10.00. The number of methoxy groups -OCH3 is 1. The molecule has 2 bridgehead atoms. The fourth-order valence-electron chi connectivity index (χ4n) is 4.96. The third-order valence-electron chi connectivity index (χ3n) is 6.57. The van der Waals surface area contributed by atoms with Gasteiger partial charge in [0.2, 0.25) is 20.0 Å². The summed E-state index contributed by atoms with van der Waals surface area (Å²) in [5.74, 6) is 0.738. The number of hydrogen-bond donors (Lipinski definition) is 0. The van der Waals surface area contributed by atoms with E-state index in [4.69, 9.17) is 9.47 Å². The summed E-state index contributed by atoms with van der Waals surface area (Å²) in [6.07, 6.45) is 2.00. The van der Waals surface area contributed by atoms with Crippen molar-refractivity contribution < 1.29 is 26.3 Å². The van der Waals surface area contributed by atoms with Crippen LogP contribution in [0.25, 0.3) is 0 Å². The van der Waals surface area contributed by atoms with Crippen LogP contribution in [0, 0.1) is 0 Å². The Bertz CT molecular complexity index is 1020. The lowest BCUT2D eigenvalue weighted by Gasteiger charge is -2.38. The second-order valence-electron chi connectivity index (χ2n) is 8.55. The van der Waals surface area contributed by atoms with Gasteiger partial charge in [-0.25, -0.2) is 16.8 Å². The van der Waals surface area contributed by atoms with Crippen LogP contribution in [-0.2, 0) is 31.2 Å². The highest BCUT2D eigenvalue weighted by molar-refractivity contribution is 7.90. The normalized spacial score (nSPS) is 34.2. The van der Waals surface area contributed by atoms with Gasteiger partial charge in [0.05, 0.1) is 18.5 Å². The van der Waals surface area contributed by atoms with Crippen molar-refractivity contribution in [2.24, 2.45) is 0 Å². The van der Waals surface area contributed by atoms with Crippen molar-refractivity contribution in [1.29, 1.82) is 0 Å². The summed E-state index contributed by atoms with van der Waals surface area (Å²) >= 11 is 0. The molecule has 4 fully saturated rings. The molecular formula is C19H26N2O6S2. The van der Waals surface area contributed by atoms with Crippen LogP contribution in [-0.4, -0.2) is 80.9 Å². The van der Waals surface area contributed by atoms with Gasteiger partial charge in [-0.05, 0) is 43.4 Å². The quantitative estimate of drug-likeness (QED) is 0.640. The number of nitrogens with zero attached hydrogens (tertiary/aromatic N) is 2. The number of ether oxygens (including phenoxy) is 2. The Morgan fingerprint density at radius 1 is 1.28 bits per heavy atom. The summed E-state index contributed by atoms with van der Waals surface area (Å²) < 4.78 is 66.3. The van der Waals surface area contributed by atoms with Gasteiger partial charge in [-0.1, -0.05) is 12.1 Å². The number of rotatable bonds is 6. The third kappa shape index (κ3) is 3.20. The van der Waals surface area contributed by atoms with Crippen LogP contribution in [0.15, 0.2) is 24.3 Å². The van der Waals surface area contributed by atoms with Crippen LogP contribution >= 0.6 is 0 Å². The van der Waals surface area contributed by atoms with E-state index in [2.05, 4.69) is 0 Å². The second-order valence-corrected chi connectivity index (χ2v) is 12.9. The Hall–Kier alpha value is -1.20. The van der Waals surface area contributed by atoms with E-state index >= 15 is 0 Å². The maximum absolute atomic E-state index is 13.2. The lowest BCUT2D eigenvalue weighted by Crippen LogP contribution is -2.57. The SMILES string of the molecule is COc1cccc(CCN2C[C@@]34CN(S(=O)(=O)C5CC5)C[C@@H](C[C@@H]3S2(=O)=O)O4)c1. The van der Waals surface area contributed by atoms with Crippen LogP contribution in [0.2, 0.25) is 0 Å². The first-order valence-corrected chi connectivity index (χ1v) is 13.0. The molecular weight excluding hydrogens is 416 g/mol. The summed E-state index contributed by atoms with van der Waals surface area (Å²) in [4.78, 5) is 0. The molecule has 29 heavy (non-hydrogen) atoms. The number of benzene rings is 1. The smallest absolute Gasteiger partial charge is 0.220 e. The molecule has 0 amide bonds. The van der Waals surface area contributed by atoms with E-state index in [1.54, 1.807) is 7.11 Å². The molecule has 3 heterocycles. The van der Waals surface area contributed by atoms with Crippen LogP contribution < -0.4 is 4.74 Å². The molecule has 160 valence electrons. The first kappa shape index (κ1) is 19.7. The number of morpholine rings is 1. The average molecular weight is 443 g/mol. The molecule has 10 heteroatoms. The van der Waals surface area contributed by atoms with Gasteiger partial charge < -0.3 is 9.47 Å². The van der Waals surface area contributed by atoms with Gasteiger partial charge in [-0.3, -0.25) is 0 Å². The summed E-state index contributed by atoms with van der Waals surface area (Å²) in [6, 6.07) is 7.58. The van der Waals surface area contributed by atoms with Crippen molar-refractivity contribution in [1.82, 2.24) is 8.61 Å². The van der Waals surface area contributed by atoms with E-state index in [-0.39, 0.29) is 31.0 Å². The minimum atomic E-state index is -3.53. The Balaban J connectivity index is 1.35. The molecule has 1 aromatic carbocycles. The van der Waals surface area contributed by atoms with Crippen molar-refractivity contribution in [3.05, 3.63) is 29.8 Å². The van der Waals surface area contributed by atoms with Crippen molar-refractivity contribution in [2.45, 2.75) is 47.9 Å². The maximum Gasteiger partial charge on any atom is 0.220 e. The summed E-state index contributed by atoms with van der Waals surface area (Å²) in [5, 5.41) is -0.957. The van der Waals surface area contributed by atoms with E-state index in [0.29, 0.717) is 32.2 Å². The fraction of sp³-hybridized carbons (Fsp3) is 0.684. The predicted molar refractivity (Wildman–Crippen MR) is 107 cm³/mol. The highest BCUT2D eigenvalue weighted by Gasteiger charge is 2.66. The molecule has 0 N–H and O–H groups in total. The summed E-state index contributed by atoms with van der Waals surface area (Å²) in [7, 11) is -5.28. The number of sulfonamides is 2. The number of hydrogen-bond acceptors (Lipinski definition) is 6. The minimum Gasteiger partial charge on any atom is -0.497 e. The fourth-order valence-corrected chi connectivity index (χ4v) is 9.20. The Morgan fingerprint density at radius 2 is 2.07 bits per heavy atom. The first-order valence-electron chi connectivity index (χ1n) is 10.0. The van der Waals surface area contributed by atoms with Gasteiger partial charge in [0.1, 0.15) is 16.6 Å². The monoisotopic (exact) mass is 442 g/mol. The largest absolute Gasteiger partial charge is 0.497 e. The van der Waals surface area contributed by atoms with E-state index in [0.717, 1.165) is 11.3 Å². The molecule has 0 unspecified atom stereocenters. The standard InChI is InChI=1S/C19H26N2O6S2/c1-26-15-4-2-3-14(9-15)7-8-20-12-19-13-21(28(22,23)17-5-6-17)11-16(27-19)10-18(19)29(20,24)25/h2-4,9,16-18H,5-8,10-13H2,1H3/t16-,18+,19-/m1/s1. The van der Waals surface area contributed by atoms with Gasteiger partial charge in [0.15, 0.2) is 0 Å². The van der Waals surface area contributed by atoms with Gasteiger partial charge in [-0.15, -0.1) is 0 Å². The van der Waals surface area contributed by atoms with E-state index < -0.39 is 30.9 Å². The van der Waals surface area contributed by atoms with Crippen molar-refractivity contribution in [3.8, 4) is 5.75 Å². The molecule has 1 aromatic rings. The molecule has 0 aromatic heterocycles. The first-order chi connectivity index (χ1) is 13.7. The molecule has 5 rings (SSSR count). The van der Waals surface area contributed by atoms with Crippen LogP contribution in [0.4, 0.5) is 0 Å². The summed E-state index contributed by atoms with van der Waals surface area (Å²) in [6.45, 7) is 0.979. The average Bonchev–Trinajstić information content (AvgIpc) is 3.48. The molecule has 8 nitrogen and oxygen atoms in total. The van der Waals surface area contributed by atoms with Gasteiger partial charge in [-0.2, -0.15) is 8.61 Å². The van der Waals surface area contributed by atoms with Crippen LogP contribution in [0.3, 0.4) is 0 Å². The van der Waals surface area contributed by atoms with Gasteiger partial charge in [0.25, 0.3) is 0 Å². The highest BCUT2D eigenvalue weighted by Crippen LogP contribution is 2.48. The molecule has 3 saturated heterocycles.